The summed E-state index contributed by atoms with van der Waals surface area (Å²) in [6, 6.07) is 10.8. The summed E-state index contributed by atoms with van der Waals surface area (Å²) in [4.78, 5) is 21.8. The largest absolute Gasteiger partial charge is 0.379 e. The smallest absolute Gasteiger partial charge is 0.134 e. The van der Waals surface area contributed by atoms with Gasteiger partial charge in [-0.1, -0.05) is 12.1 Å². The van der Waals surface area contributed by atoms with Gasteiger partial charge in [-0.2, -0.15) is 0 Å². The van der Waals surface area contributed by atoms with Gasteiger partial charge in [0.1, 0.15) is 23.8 Å². The predicted molar refractivity (Wildman–Crippen MR) is 113 cm³/mol. The van der Waals surface area contributed by atoms with E-state index in [0.29, 0.717) is 12.6 Å². The van der Waals surface area contributed by atoms with Crippen molar-refractivity contribution in [2.75, 3.05) is 49.6 Å². The number of ether oxygens (including phenoxy) is 1. The molecule has 8 nitrogen and oxygen atoms in total. The van der Waals surface area contributed by atoms with Crippen LogP contribution in [0.1, 0.15) is 18.7 Å². The normalized spacial score (nSPS) is 19.0. The molecule has 2 saturated heterocycles. The fraction of sp³-hybridized carbons (Fsp3) is 0.476. The van der Waals surface area contributed by atoms with E-state index < -0.39 is 0 Å². The molecule has 0 saturated carbocycles. The summed E-state index contributed by atoms with van der Waals surface area (Å²) in [6.45, 7) is 6.52. The highest BCUT2D eigenvalue weighted by Crippen LogP contribution is 2.23. The SMILES string of the molecule is c1ccc2[nH]c(CNc3cc(N4CCC(N5CCOCC5)CC4)ncn3)nc2c1. The van der Waals surface area contributed by atoms with E-state index in [-0.39, 0.29) is 0 Å². The van der Waals surface area contributed by atoms with E-state index in [4.69, 9.17) is 4.74 Å². The van der Waals surface area contributed by atoms with Gasteiger partial charge in [0.15, 0.2) is 0 Å². The molecule has 2 aromatic heterocycles. The molecule has 8 heteroatoms. The van der Waals surface area contributed by atoms with Gasteiger partial charge >= 0.3 is 0 Å². The first-order chi connectivity index (χ1) is 14.3. The maximum Gasteiger partial charge on any atom is 0.134 e. The maximum absolute atomic E-state index is 5.48. The molecule has 0 aliphatic carbocycles. The first-order valence-electron chi connectivity index (χ1n) is 10.4. The molecule has 2 aliphatic rings. The van der Waals surface area contributed by atoms with E-state index in [1.807, 2.05) is 30.3 Å². The first kappa shape index (κ1) is 18.3. The number of morpholine rings is 1. The van der Waals surface area contributed by atoms with E-state index in [9.17, 15) is 0 Å². The topological polar surface area (TPSA) is 82.2 Å². The minimum Gasteiger partial charge on any atom is -0.379 e. The fourth-order valence-electron chi connectivity index (χ4n) is 4.28. The molecule has 0 spiro atoms. The summed E-state index contributed by atoms with van der Waals surface area (Å²) in [5, 5.41) is 3.37. The summed E-state index contributed by atoms with van der Waals surface area (Å²) >= 11 is 0. The van der Waals surface area contributed by atoms with Crippen LogP contribution in [0.4, 0.5) is 11.6 Å². The van der Waals surface area contributed by atoms with Crippen LogP contribution in [0.25, 0.3) is 11.0 Å². The van der Waals surface area contributed by atoms with Gasteiger partial charge in [0.05, 0.1) is 30.8 Å². The minimum atomic E-state index is 0.601. The van der Waals surface area contributed by atoms with Crippen molar-refractivity contribution in [1.29, 1.82) is 0 Å². The van der Waals surface area contributed by atoms with Crippen LogP contribution >= 0.6 is 0 Å². The number of aromatic nitrogens is 4. The molecular formula is C21H27N7O. The third-order valence-corrected chi connectivity index (χ3v) is 5.88. The second-order valence-corrected chi connectivity index (χ2v) is 7.68. The second-order valence-electron chi connectivity index (χ2n) is 7.68. The number of benzene rings is 1. The fourth-order valence-corrected chi connectivity index (χ4v) is 4.28. The molecule has 2 N–H and O–H groups in total. The van der Waals surface area contributed by atoms with Crippen LogP contribution < -0.4 is 10.2 Å². The number of piperidine rings is 1. The highest BCUT2D eigenvalue weighted by Gasteiger charge is 2.26. The molecule has 0 amide bonds. The van der Waals surface area contributed by atoms with Gasteiger partial charge < -0.3 is 19.9 Å². The standard InChI is InChI=1S/C21H27N7O/c1-2-4-18-17(3-1)25-20(26-18)14-22-19-13-21(24-15-23-19)28-7-5-16(6-8-28)27-9-11-29-12-10-27/h1-4,13,15-16H,5-12,14H2,(H,25,26)(H,22,23,24). The summed E-state index contributed by atoms with van der Waals surface area (Å²) in [5.41, 5.74) is 2.03. The van der Waals surface area contributed by atoms with Crippen molar-refractivity contribution < 1.29 is 4.74 Å². The van der Waals surface area contributed by atoms with Crippen molar-refractivity contribution in [3.8, 4) is 0 Å². The van der Waals surface area contributed by atoms with Gasteiger partial charge in [-0.05, 0) is 25.0 Å². The number of fused-ring (bicyclic) bond motifs is 1. The van der Waals surface area contributed by atoms with Gasteiger partial charge in [-0.15, -0.1) is 0 Å². The van der Waals surface area contributed by atoms with Crippen LogP contribution in [0.2, 0.25) is 0 Å². The molecule has 3 aromatic rings. The zero-order valence-corrected chi connectivity index (χ0v) is 16.5. The minimum absolute atomic E-state index is 0.601. The van der Waals surface area contributed by atoms with Gasteiger partial charge in [0, 0.05) is 38.3 Å². The van der Waals surface area contributed by atoms with Crippen molar-refractivity contribution in [2.24, 2.45) is 0 Å². The summed E-state index contributed by atoms with van der Waals surface area (Å²) in [5.74, 6) is 2.72. The Morgan fingerprint density at radius 2 is 1.90 bits per heavy atom. The number of hydrogen-bond acceptors (Lipinski definition) is 7. The van der Waals surface area contributed by atoms with E-state index in [1.54, 1.807) is 6.33 Å². The van der Waals surface area contributed by atoms with Crippen molar-refractivity contribution in [1.82, 2.24) is 24.8 Å². The number of aromatic amines is 1. The number of H-pyrrole nitrogens is 1. The van der Waals surface area contributed by atoms with Crippen LogP contribution in [0.3, 0.4) is 0 Å². The van der Waals surface area contributed by atoms with Crippen LogP contribution in [-0.2, 0) is 11.3 Å². The molecule has 1 aromatic carbocycles. The Morgan fingerprint density at radius 3 is 2.72 bits per heavy atom. The molecule has 0 atom stereocenters. The predicted octanol–water partition coefficient (Wildman–Crippen LogP) is 2.27. The number of imidazole rings is 1. The van der Waals surface area contributed by atoms with Crippen LogP contribution in [0, 0.1) is 0 Å². The maximum atomic E-state index is 5.48. The Kier molecular flexibility index (Phi) is 5.27. The molecule has 0 bridgehead atoms. The quantitative estimate of drug-likeness (QED) is 0.688. The number of nitrogens with one attached hydrogen (secondary N) is 2. The van der Waals surface area contributed by atoms with Crippen LogP contribution in [-0.4, -0.2) is 70.3 Å². The molecule has 0 unspecified atom stereocenters. The van der Waals surface area contributed by atoms with E-state index >= 15 is 0 Å². The highest BCUT2D eigenvalue weighted by molar-refractivity contribution is 5.74. The monoisotopic (exact) mass is 393 g/mol. The number of para-hydroxylation sites is 2. The summed E-state index contributed by atoms with van der Waals surface area (Å²) in [6.07, 6.45) is 3.99. The lowest BCUT2D eigenvalue weighted by Crippen LogP contribution is -2.49. The molecule has 5 rings (SSSR count). The molecule has 29 heavy (non-hydrogen) atoms. The Hall–Kier alpha value is -2.71. The van der Waals surface area contributed by atoms with Gasteiger partial charge in [0.2, 0.25) is 0 Å². The van der Waals surface area contributed by atoms with Crippen LogP contribution in [0.5, 0.6) is 0 Å². The lowest BCUT2D eigenvalue weighted by atomic mass is 10.0. The third kappa shape index (κ3) is 4.18. The van der Waals surface area contributed by atoms with E-state index in [0.717, 1.165) is 67.9 Å². The number of rotatable bonds is 5. The average molecular weight is 393 g/mol. The van der Waals surface area contributed by atoms with Gasteiger partial charge in [-0.25, -0.2) is 15.0 Å². The van der Waals surface area contributed by atoms with Crippen molar-refractivity contribution in [3.05, 3.63) is 42.5 Å². The van der Waals surface area contributed by atoms with E-state index in [2.05, 4.69) is 35.1 Å². The molecule has 152 valence electrons. The third-order valence-electron chi connectivity index (χ3n) is 5.88. The average Bonchev–Trinajstić information content (AvgIpc) is 3.22. The Bertz CT molecular complexity index is 912. The lowest BCUT2D eigenvalue weighted by Gasteiger charge is -2.40. The first-order valence-corrected chi connectivity index (χ1v) is 10.4. The molecule has 2 aliphatic heterocycles. The van der Waals surface area contributed by atoms with Crippen molar-refractivity contribution in [2.45, 2.75) is 25.4 Å². The second kappa shape index (κ2) is 8.34. The molecule has 2 fully saturated rings. The highest BCUT2D eigenvalue weighted by atomic mass is 16.5. The zero-order chi connectivity index (χ0) is 19.5. The Morgan fingerprint density at radius 1 is 1.07 bits per heavy atom. The Labute approximate surface area is 170 Å². The molecule has 4 heterocycles. The number of anilines is 2. The molecule has 0 radical (unpaired) electrons. The number of hydrogen-bond donors (Lipinski definition) is 2. The lowest BCUT2D eigenvalue weighted by molar-refractivity contribution is 0.0115. The van der Waals surface area contributed by atoms with Crippen LogP contribution in [0.15, 0.2) is 36.7 Å². The molecular weight excluding hydrogens is 366 g/mol. The Balaban J connectivity index is 1.18. The van der Waals surface area contributed by atoms with Gasteiger partial charge in [-0.3, -0.25) is 4.90 Å². The summed E-state index contributed by atoms with van der Waals surface area (Å²) in [7, 11) is 0. The summed E-state index contributed by atoms with van der Waals surface area (Å²) < 4.78 is 5.48. The zero-order valence-electron chi connectivity index (χ0n) is 16.5. The van der Waals surface area contributed by atoms with Crippen molar-refractivity contribution >= 4 is 22.7 Å². The van der Waals surface area contributed by atoms with Gasteiger partial charge in [0.25, 0.3) is 0 Å². The number of nitrogens with zero attached hydrogens (tertiary/aromatic N) is 5. The van der Waals surface area contributed by atoms with E-state index in [1.165, 1.54) is 12.8 Å². The van der Waals surface area contributed by atoms with Crippen molar-refractivity contribution in [3.63, 3.8) is 0 Å².